The summed E-state index contributed by atoms with van der Waals surface area (Å²) in [5.41, 5.74) is 1.81. The van der Waals surface area contributed by atoms with E-state index in [1.54, 1.807) is 30.3 Å². The number of halogens is 1. The molecule has 5 heteroatoms. The lowest BCUT2D eigenvalue weighted by Gasteiger charge is -2.02. The molecule has 1 aromatic heterocycles. The predicted molar refractivity (Wildman–Crippen MR) is 84.8 cm³/mol. The standard InChI is InChI=1S/C18H13FO4/c1-22-16-8-11(5-6-17(20)21)7-13-10-15(23-18(13)16)12-3-2-4-14(19)9-12/h2-10H,1H3,(H,20,21)/b6-5+. The maximum atomic E-state index is 13.4. The summed E-state index contributed by atoms with van der Waals surface area (Å²) in [6.07, 6.45) is 2.52. The lowest BCUT2D eigenvalue weighted by Crippen LogP contribution is -1.87. The molecule has 0 saturated heterocycles. The molecule has 2 aromatic carbocycles. The van der Waals surface area contributed by atoms with Crippen LogP contribution >= 0.6 is 0 Å². The molecule has 0 saturated carbocycles. The van der Waals surface area contributed by atoms with Crippen LogP contribution in [0.3, 0.4) is 0 Å². The SMILES string of the molecule is COc1cc(/C=C/C(=O)O)cc2cc(-c3cccc(F)c3)oc12. The van der Waals surface area contributed by atoms with Gasteiger partial charge in [0.25, 0.3) is 0 Å². The van der Waals surface area contributed by atoms with Crippen LogP contribution in [0.15, 0.2) is 53.0 Å². The fourth-order valence-corrected chi connectivity index (χ4v) is 2.34. The number of methoxy groups -OCH3 is 1. The van der Waals surface area contributed by atoms with Crippen LogP contribution < -0.4 is 4.74 Å². The van der Waals surface area contributed by atoms with Crippen LogP contribution in [0, 0.1) is 5.82 Å². The third-order valence-corrected chi connectivity index (χ3v) is 3.35. The normalized spacial score (nSPS) is 11.2. The highest BCUT2D eigenvalue weighted by atomic mass is 19.1. The molecular formula is C18H13FO4. The number of ether oxygens (including phenoxy) is 1. The largest absolute Gasteiger partial charge is 0.493 e. The second-order valence-electron chi connectivity index (χ2n) is 4.93. The molecule has 23 heavy (non-hydrogen) atoms. The van der Waals surface area contributed by atoms with Crippen molar-refractivity contribution in [3.05, 3.63) is 59.9 Å². The van der Waals surface area contributed by atoms with E-state index in [1.807, 2.05) is 0 Å². The van der Waals surface area contributed by atoms with Crippen LogP contribution in [0.2, 0.25) is 0 Å². The van der Waals surface area contributed by atoms with Gasteiger partial charge in [-0.25, -0.2) is 9.18 Å². The maximum absolute atomic E-state index is 13.4. The van der Waals surface area contributed by atoms with Crippen molar-refractivity contribution >= 4 is 23.0 Å². The molecule has 116 valence electrons. The number of benzene rings is 2. The minimum Gasteiger partial charge on any atom is -0.493 e. The highest BCUT2D eigenvalue weighted by Gasteiger charge is 2.12. The first kappa shape index (κ1) is 14.8. The highest BCUT2D eigenvalue weighted by Crippen LogP contribution is 2.35. The fourth-order valence-electron chi connectivity index (χ4n) is 2.34. The second-order valence-corrected chi connectivity index (χ2v) is 4.93. The molecule has 0 aliphatic rings. The monoisotopic (exact) mass is 312 g/mol. The van der Waals surface area contributed by atoms with E-state index < -0.39 is 5.97 Å². The minimum atomic E-state index is -1.03. The van der Waals surface area contributed by atoms with Crippen molar-refractivity contribution in [2.24, 2.45) is 0 Å². The first-order chi connectivity index (χ1) is 11.1. The molecule has 0 aliphatic carbocycles. The summed E-state index contributed by atoms with van der Waals surface area (Å²) in [6.45, 7) is 0. The molecule has 0 radical (unpaired) electrons. The predicted octanol–water partition coefficient (Wildman–Crippen LogP) is 4.35. The van der Waals surface area contributed by atoms with Gasteiger partial charge in [0.2, 0.25) is 0 Å². The van der Waals surface area contributed by atoms with E-state index in [0.29, 0.717) is 28.2 Å². The average Bonchev–Trinajstić information content (AvgIpc) is 2.96. The number of carbonyl (C=O) groups is 1. The molecular weight excluding hydrogens is 299 g/mol. The zero-order valence-electron chi connectivity index (χ0n) is 12.2. The van der Waals surface area contributed by atoms with Gasteiger partial charge in [0.05, 0.1) is 7.11 Å². The molecule has 0 bridgehead atoms. The van der Waals surface area contributed by atoms with E-state index in [2.05, 4.69) is 0 Å². The van der Waals surface area contributed by atoms with Gasteiger partial charge >= 0.3 is 5.97 Å². The molecule has 0 aliphatic heterocycles. The van der Waals surface area contributed by atoms with E-state index in [9.17, 15) is 9.18 Å². The van der Waals surface area contributed by atoms with Crippen molar-refractivity contribution in [2.75, 3.05) is 7.11 Å². The Labute approximate surface area is 131 Å². The lowest BCUT2D eigenvalue weighted by molar-refractivity contribution is -0.131. The number of aliphatic carboxylic acids is 1. The Balaban J connectivity index is 2.13. The Morgan fingerprint density at radius 3 is 2.78 bits per heavy atom. The minimum absolute atomic E-state index is 0.347. The van der Waals surface area contributed by atoms with E-state index in [4.69, 9.17) is 14.3 Å². The maximum Gasteiger partial charge on any atom is 0.328 e. The zero-order valence-corrected chi connectivity index (χ0v) is 12.2. The molecule has 0 fully saturated rings. The molecule has 0 unspecified atom stereocenters. The first-order valence-electron chi connectivity index (χ1n) is 6.85. The van der Waals surface area contributed by atoms with Crippen LogP contribution in [0.5, 0.6) is 5.75 Å². The summed E-state index contributed by atoms with van der Waals surface area (Å²) in [6, 6.07) is 11.3. The van der Waals surface area contributed by atoms with Gasteiger partial charge in [0.1, 0.15) is 11.6 Å². The molecule has 0 amide bonds. The van der Waals surface area contributed by atoms with Gasteiger partial charge in [-0.05, 0) is 42.0 Å². The van der Waals surface area contributed by atoms with Gasteiger partial charge in [-0.2, -0.15) is 0 Å². The number of hydrogen-bond donors (Lipinski definition) is 1. The van der Waals surface area contributed by atoms with E-state index in [-0.39, 0.29) is 5.82 Å². The van der Waals surface area contributed by atoms with Gasteiger partial charge in [-0.3, -0.25) is 0 Å². The number of carboxylic acid groups (broad SMARTS) is 1. The van der Waals surface area contributed by atoms with Crippen molar-refractivity contribution in [3.8, 4) is 17.1 Å². The van der Waals surface area contributed by atoms with Crippen molar-refractivity contribution in [2.45, 2.75) is 0 Å². The highest BCUT2D eigenvalue weighted by molar-refractivity contribution is 5.91. The van der Waals surface area contributed by atoms with Gasteiger partial charge < -0.3 is 14.3 Å². The van der Waals surface area contributed by atoms with Crippen molar-refractivity contribution in [1.29, 1.82) is 0 Å². The number of fused-ring (bicyclic) bond motifs is 1. The Bertz CT molecular complexity index is 909. The Morgan fingerprint density at radius 1 is 1.26 bits per heavy atom. The van der Waals surface area contributed by atoms with E-state index in [1.165, 1.54) is 25.3 Å². The van der Waals surface area contributed by atoms with Gasteiger partial charge in [0.15, 0.2) is 11.3 Å². The molecule has 0 spiro atoms. The van der Waals surface area contributed by atoms with Gasteiger partial charge in [-0.1, -0.05) is 12.1 Å². The molecule has 3 aromatic rings. The molecule has 4 nitrogen and oxygen atoms in total. The number of rotatable bonds is 4. The van der Waals surface area contributed by atoms with Crippen LogP contribution in [0.25, 0.3) is 28.4 Å². The fraction of sp³-hybridized carbons (Fsp3) is 0.0556. The Morgan fingerprint density at radius 2 is 2.09 bits per heavy atom. The molecule has 1 N–H and O–H groups in total. The van der Waals surface area contributed by atoms with Crippen LogP contribution in [-0.4, -0.2) is 18.2 Å². The van der Waals surface area contributed by atoms with Gasteiger partial charge in [-0.15, -0.1) is 0 Å². The van der Waals surface area contributed by atoms with E-state index in [0.717, 1.165) is 11.5 Å². The quantitative estimate of drug-likeness (QED) is 0.728. The first-order valence-corrected chi connectivity index (χ1v) is 6.85. The molecule has 3 rings (SSSR count). The van der Waals surface area contributed by atoms with Crippen molar-refractivity contribution in [3.63, 3.8) is 0 Å². The summed E-state index contributed by atoms with van der Waals surface area (Å²) >= 11 is 0. The number of hydrogen-bond acceptors (Lipinski definition) is 3. The second kappa shape index (κ2) is 5.96. The molecule has 1 heterocycles. The lowest BCUT2D eigenvalue weighted by atomic mass is 10.1. The Kier molecular flexibility index (Phi) is 3.85. The summed E-state index contributed by atoms with van der Waals surface area (Å²) in [4.78, 5) is 10.6. The third-order valence-electron chi connectivity index (χ3n) is 3.35. The Hall–Kier alpha value is -3.08. The third kappa shape index (κ3) is 3.08. The summed E-state index contributed by atoms with van der Waals surface area (Å²) in [5, 5.41) is 9.47. The average molecular weight is 312 g/mol. The van der Waals surface area contributed by atoms with Crippen LogP contribution in [0.4, 0.5) is 4.39 Å². The van der Waals surface area contributed by atoms with Crippen molar-refractivity contribution in [1.82, 2.24) is 0 Å². The molecule has 0 atom stereocenters. The van der Waals surface area contributed by atoms with Crippen LogP contribution in [-0.2, 0) is 4.79 Å². The number of carboxylic acids is 1. The summed E-state index contributed by atoms with van der Waals surface area (Å²) in [7, 11) is 1.50. The van der Waals surface area contributed by atoms with Crippen molar-refractivity contribution < 1.29 is 23.4 Å². The van der Waals surface area contributed by atoms with Gasteiger partial charge in [0, 0.05) is 17.0 Å². The van der Waals surface area contributed by atoms with E-state index >= 15 is 0 Å². The smallest absolute Gasteiger partial charge is 0.328 e. The summed E-state index contributed by atoms with van der Waals surface area (Å²) < 4.78 is 24.4. The topological polar surface area (TPSA) is 59.7 Å². The van der Waals surface area contributed by atoms with Crippen LogP contribution in [0.1, 0.15) is 5.56 Å². The number of furan rings is 1. The zero-order chi connectivity index (χ0) is 16.4. The summed E-state index contributed by atoms with van der Waals surface area (Å²) in [5.74, 6) is -0.385.